The van der Waals surface area contributed by atoms with Gasteiger partial charge in [-0.3, -0.25) is 9.69 Å². The molecule has 4 heteroatoms. The lowest BCUT2D eigenvalue weighted by Crippen LogP contribution is -2.48. The highest BCUT2D eigenvalue weighted by Gasteiger charge is 2.22. The van der Waals surface area contributed by atoms with Crippen molar-refractivity contribution in [1.82, 2.24) is 9.80 Å². The second-order valence-electron chi connectivity index (χ2n) is 6.43. The van der Waals surface area contributed by atoms with E-state index in [1.807, 2.05) is 29.2 Å². The molecule has 0 spiro atoms. The Morgan fingerprint density at radius 3 is 2.40 bits per heavy atom. The molecule has 1 aliphatic rings. The number of carbonyl (C=O) groups excluding carboxylic acids is 1. The van der Waals surface area contributed by atoms with E-state index in [1.54, 1.807) is 7.11 Å². The van der Waals surface area contributed by atoms with Crippen LogP contribution in [0.1, 0.15) is 28.4 Å². The fourth-order valence-electron chi connectivity index (χ4n) is 3.32. The summed E-state index contributed by atoms with van der Waals surface area (Å²) in [6.45, 7) is 6.41. The van der Waals surface area contributed by atoms with Crippen LogP contribution >= 0.6 is 0 Å². The molecule has 0 unspecified atom stereocenters. The Morgan fingerprint density at radius 2 is 1.76 bits per heavy atom. The van der Waals surface area contributed by atoms with Crippen molar-refractivity contribution in [2.24, 2.45) is 0 Å². The van der Waals surface area contributed by atoms with Gasteiger partial charge in [0.2, 0.25) is 0 Å². The molecule has 3 rings (SSSR count). The second kappa shape index (κ2) is 8.17. The zero-order chi connectivity index (χ0) is 17.6. The molecule has 4 nitrogen and oxygen atoms in total. The number of amides is 1. The van der Waals surface area contributed by atoms with E-state index in [9.17, 15) is 4.79 Å². The maximum Gasteiger partial charge on any atom is 0.253 e. The minimum absolute atomic E-state index is 0.122. The first-order valence-electron chi connectivity index (χ1n) is 8.93. The van der Waals surface area contributed by atoms with Gasteiger partial charge in [0.05, 0.1) is 7.11 Å². The van der Waals surface area contributed by atoms with Gasteiger partial charge >= 0.3 is 0 Å². The van der Waals surface area contributed by atoms with Crippen LogP contribution in [-0.2, 0) is 13.0 Å². The molecule has 0 atom stereocenters. The van der Waals surface area contributed by atoms with Crippen LogP contribution in [0, 0.1) is 0 Å². The van der Waals surface area contributed by atoms with E-state index in [2.05, 4.69) is 36.1 Å². The summed E-state index contributed by atoms with van der Waals surface area (Å²) in [5.41, 5.74) is 3.16. The summed E-state index contributed by atoms with van der Waals surface area (Å²) < 4.78 is 5.36. The topological polar surface area (TPSA) is 32.8 Å². The molecule has 0 aromatic heterocycles. The molecule has 132 valence electrons. The van der Waals surface area contributed by atoms with Crippen LogP contribution in [0.3, 0.4) is 0 Å². The van der Waals surface area contributed by atoms with Gasteiger partial charge in [-0.05, 0) is 35.7 Å². The molecule has 1 heterocycles. The molecular weight excluding hydrogens is 312 g/mol. The Balaban J connectivity index is 1.60. The quantitative estimate of drug-likeness (QED) is 0.839. The average molecular weight is 338 g/mol. The number of nitrogens with zero attached hydrogens (tertiary/aromatic N) is 2. The van der Waals surface area contributed by atoms with Crippen LogP contribution in [0.25, 0.3) is 0 Å². The number of methoxy groups -OCH3 is 1. The van der Waals surface area contributed by atoms with Crippen molar-refractivity contribution >= 4 is 5.91 Å². The molecule has 1 amide bonds. The summed E-state index contributed by atoms with van der Waals surface area (Å²) >= 11 is 0. The first-order chi connectivity index (χ1) is 12.2. The van der Waals surface area contributed by atoms with E-state index in [0.29, 0.717) is 0 Å². The van der Waals surface area contributed by atoms with Gasteiger partial charge in [-0.25, -0.2) is 0 Å². The Bertz CT molecular complexity index is 707. The Kier molecular flexibility index (Phi) is 5.71. The van der Waals surface area contributed by atoms with Crippen LogP contribution in [0.5, 0.6) is 5.75 Å². The van der Waals surface area contributed by atoms with Crippen LogP contribution in [0.15, 0.2) is 48.5 Å². The predicted molar refractivity (Wildman–Crippen MR) is 100.0 cm³/mol. The third kappa shape index (κ3) is 4.20. The summed E-state index contributed by atoms with van der Waals surface area (Å²) in [7, 11) is 1.67. The van der Waals surface area contributed by atoms with Crippen molar-refractivity contribution in [1.29, 1.82) is 0 Å². The summed E-state index contributed by atoms with van der Waals surface area (Å²) in [5.74, 6) is 0.975. The van der Waals surface area contributed by atoms with E-state index < -0.39 is 0 Å². The molecule has 25 heavy (non-hydrogen) atoms. The molecule has 2 aromatic rings. The van der Waals surface area contributed by atoms with Gasteiger partial charge in [0, 0.05) is 38.3 Å². The van der Waals surface area contributed by atoms with Crippen molar-refractivity contribution in [2.75, 3.05) is 33.3 Å². The minimum Gasteiger partial charge on any atom is -0.496 e. The highest BCUT2D eigenvalue weighted by Crippen LogP contribution is 2.21. The Labute approximate surface area is 150 Å². The zero-order valence-electron chi connectivity index (χ0n) is 15.1. The molecule has 1 aliphatic heterocycles. The van der Waals surface area contributed by atoms with Crippen LogP contribution in [0.4, 0.5) is 0 Å². The fraction of sp³-hybridized carbons (Fsp3) is 0.381. The molecule has 0 bridgehead atoms. The Hall–Kier alpha value is -2.33. The normalized spacial score (nSPS) is 15.2. The van der Waals surface area contributed by atoms with Crippen LogP contribution in [0.2, 0.25) is 0 Å². The standard InChI is InChI=1S/C21H26N2O2/c1-3-18-15-19(9-10-20(18)25-2)21(24)23-13-11-22(12-14-23)16-17-7-5-4-6-8-17/h4-10,15H,3,11-14,16H2,1-2H3. The fourth-order valence-corrected chi connectivity index (χ4v) is 3.32. The van der Waals surface area contributed by atoms with Crippen LogP contribution in [-0.4, -0.2) is 49.0 Å². The number of hydrogen-bond acceptors (Lipinski definition) is 3. The molecule has 0 radical (unpaired) electrons. The average Bonchev–Trinajstić information content (AvgIpc) is 2.68. The van der Waals surface area contributed by atoms with E-state index in [4.69, 9.17) is 4.74 Å². The predicted octanol–water partition coefficient (Wildman–Crippen LogP) is 3.22. The van der Waals surface area contributed by atoms with Gasteiger partial charge in [0.1, 0.15) is 5.75 Å². The van der Waals surface area contributed by atoms with Gasteiger partial charge in [0.15, 0.2) is 0 Å². The lowest BCUT2D eigenvalue weighted by Gasteiger charge is -2.35. The Morgan fingerprint density at radius 1 is 1.04 bits per heavy atom. The van der Waals surface area contributed by atoms with Gasteiger partial charge in [-0.1, -0.05) is 37.3 Å². The number of carbonyl (C=O) groups is 1. The van der Waals surface area contributed by atoms with E-state index in [0.717, 1.165) is 56.0 Å². The monoisotopic (exact) mass is 338 g/mol. The van der Waals surface area contributed by atoms with Crippen LogP contribution < -0.4 is 4.74 Å². The van der Waals surface area contributed by atoms with Gasteiger partial charge in [-0.15, -0.1) is 0 Å². The molecule has 2 aromatic carbocycles. The third-order valence-corrected chi connectivity index (χ3v) is 4.82. The molecular formula is C21H26N2O2. The molecule has 1 fully saturated rings. The molecule has 0 saturated carbocycles. The molecule has 1 saturated heterocycles. The number of benzene rings is 2. The van der Waals surface area contributed by atoms with Crippen molar-refractivity contribution in [2.45, 2.75) is 19.9 Å². The number of piperazine rings is 1. The molecule has 0 aliphatic carbocycles. The lowest BCUT2D eigenvalue weighted by atomic mass is 10.1. The van der Waals surface area contributed by atoms with Crippen molar-refractivity contribution < 1.29 is 9.53 Å². The highest BCUT2D eigenvalue weighted by molar-refractivity contribution is 5.94. The van der Waals surface area contributed by atoms with E-state index in [1.165, 1.54) is 5.56 Å². The van der Waals surface area contributed by atoms with E-state index >= 15 is 0 Å². The maximum atomic E-state index is 12.8. The highest BCUT2D eigenvalue weighted by atomic mass is 16.5. The third-order valence-electron chi connectivity index (χ3n) is 4.82. The maximum absolute atomic E-state index is 12.8. The first-order valence-corrected chi connectivity index (χ1v) is 8.93. The number of aryl methyl sites for hydroxylation is 1. The summed E-state index contributed by atoms with van der Waals surface area (Å²) in [6.07, 6.45) is 0.856. The van der Waals surface area contributed by atoms with Gasteiger partial charge < -0.3 is 9.64 Å². The summed E-state index contributed by atoms with van der Waals surface area (Å²) in [6, 6.07) is 16.2. The largest absolute Gasteiger partial charge is 0.496 e. The van der Waals surface area contributed by atoms with Crippen molar-refractivity contribution in [3.05, 3.63) is 65.2 Å². The second-order valence-corrected chi connectivity index (χ2v) is 6.43. The minimum atomic E-state index is 0.122. The smallest absolute Gasteiger partial charge is 0.253 e. The summed E-state index contributed by atoms with van der Waals surface area (Å²) in [5, 5.41) is 0. The van der Waals surface area contributed by atoms with Gasteiger partial charge in [-0.2, -0.15) is 0 Å². The van der Waals surface area contributed by atoms with Crippen molar-refractivity contribution in [3.8, 4) is 5.75 Å². The lowest BCUT2D eigenvalue weighted by molar-refractivity contribution is 0.0628. The van der Waals surface area contributed by atoms with Crippen molar-refractivity contribution in [3.63, 3.8) is 0 Å². The zero-order valence-corrected chi connectivity index (χ0v) is 15.1. The first kappa shape index (κ1) is 17.5. The number of ether oxygens (including phenoxy) is 1. The SMILES string of the molecule is CCc1cc(C(=O)N2CCN(Cc3ccccc3)CC2)ccc1OC. The number of rotatable bonds is 5. The molecule has 0 N–H and O–H groups in total. The summed E-state index contributed by atoms with van der Waals surface area (Å²) in [4.78, 5) is 17.2. The van der Waals surface area contributed by atoms with Gasteiger partial charge in [0.25, 0.3) is 5.91 Å². The van der Waals surface area contributed by atoms with E-state index in [-0.39, 0.29) is 5.91 Å². The number of hydrogen-bond donors (Lipinski definition) is 0.